The molecule has 0 aliphatic carbocycles. The molecule has 8 nitrogen and oxygen atoms in total. The molecule has 4 aromatic rings. The van der Waals surface area contributed by atoms with Crippen LogP contribution in [-0.2, 0) is 12.8 Å². The van der Waals surface area contributed by atoms with Crippen LogP contribution in [0.2, 0.25) is 0 Å². The Bertz CT molecular complexity index is 1640. The van der Waals surface area contributed by atoms with Crippen LogP contribution in [0, 0.1) is 5.41 Å². The van der Waals surface area contributed by atoms with Crippen molar-refractivity contribution in [3.63, 3.8) is 0 Å². The third-order valence-electron chi connectivity index (χ3n) is 7.29. The lowest BCUT2D eigenvalue weighted by Crippen LogP contribution is -2.38. The third-order valence-corrected chi connectivity index (χ3v) is 8.35. The molecule has 0 bridgehead atoms. The van der Waals surface area contributed by atoms with E-state index in [9.17, 15) is 18.0 Å². The lowest BCUT2D eigenvalue weighted by Gasteiger charge is -2.31. The van der Waals surface area contributed by atoms with Crippen LogP contribution in [0.1, 0.15) is 38.3 Å². The van der Waals surface area contributed by atoms with Gasteiger partial charge < -0.3 is 15.0 Å². The predicted molar refractivity (Wildman–Crippen MR) is 172 cm³/mol. The Kier molecular flexibility index (Phi) is 9.81. The molecular formula is C33H35F3N6O2S. The normalized spacial score (nSPS) is 14.9. The summed E-state index contributed by atoms with van der Waals surface area (Å²) in [6.45, 7) is 7.62. The number of aliphatic imine (C=N–C) groups is 1. The summed E-state index contributed by atoms with van der Waals surface area (Å²) in [4.78, 5) is 23.9. The number of anilines is 1. The SMILES string of the molecule is CCc1ccccc1N1CCCS/C1=N\C(=O)NCC(C)(C)Cc1ccc(-c2ncn(-c3ccc(OC(F)(F)F)cc3)n2)cc1. The van der Waals surface area contributed by atoms with E-state index in [1.807, 2.05) is 36.4 Å². The van der Waals surface area contributed by atoms with Crippen molar-refractivity contribution in [2.75, 3.05) is 23.7 Å². The highest BCUT2D eigenvalue weighted by atomic mass is 32.2. The zero-order valence-corrected chi connectivity index (χ0v) is 26.2. The van der Waals surface area contributed by atoms with Crippen molar-refractivity contribution in [3.8, 4) is 22.8 Å². The Morgan fingerprint density at radius 1 is 1.04 bits per heavy atom. The number of rotatable bonds is 9. The quantitative estimate of drug-likeness (QED) is 0.203. The molecule has 1 N–H and O–H groups in total. The van der Waals surface area contributed by atoms with Crippen LogP contribution in [0.4, 0.5) is 23.7 Å². The Balaban J connectivity index is 1.17. The molecule has 2 heterocycles. The van der Waals surface area contributed by atoms with Crippen LogP contribution in [-0.4, -0.2) is 51.2 Å². The van der Waals surface area contributed by atoms with Crippen LogP contribution >= 0.6 is 11.8 Å². The molecule has 2 amide bonds. The molecule has 1 saturated heterocycles. The van der Waals surface area contributed by atoms with Crippen molar-refractivity contribution < 1.29 is 22.7 Å². The molecule has 236 valence electrons. The largest absolute Gasteiger partial charge is 0.573 e. The number of thioether (sulfide) groups is 1. The highest BCUT2D eigenvalue weighted by molar-refractivity contribution is 8.14. The Hall–Kier alpha value is -4.32. The number of amides is 2. The summed E-state index contributed by atoms with van der Waals surface area (Å²) < 4.78 is 42.7. The number of benzene rings is 3. The number of carbonyl (C=O) groups is 1. The topological polar surface area (TPSA) is 84.6 Å². The molecule has 0 spiro atoms. The first-order valence-electron chi connectivity index (χ1n) is 14.7. The number of halogens is 3. The van der Waals surface area contributed by atoms with Gasteiger partial charge in [0, 0.05) is 30.1 Å². The average molecular weight is 637 g/mol. The standard InChI is InChI=1S/C33H35F3N6O2S/c1-4-24-8-5-6-9-28(24)41-18-7-19-45-31(41)39-30(43)37-21-32(2,3)20-23-10-12-25(13-11-23)29-38-22-42(40-29)26-14-16-27(17-15-26)44-33(34,35)36/h5-6,8-17,22H,4,7,18-21H2,1-3H3,(H,37,43)/b39-31-. The van der Waals surface area contributed by atoms with E-state index in [4.69, 9.17) is 0 Å². The van der Waals surface area contributed by atoms with Crippen LogP contribution in [0.5, 0.6) is 5.75 Å². The second-order valence-electron chi connectivity index (χ2n) is 11.5. The van der Waals surface area contributed by atoms with E-state index < -0.39 is 6.36 Å². The highest BCUT2D eigenvalue weighted by Gasteiger charge is 2.31. The lowest BCUT2D eigenvalue weighted by atomic mass is 9.85. The van der Waals surface area contributed by atoms with Gasteiger partial charge in [0.15, 0.2) is 11.0 Å². The van der Waals surface area contributed by atoms with Crippen molar-refractivity contribution in [2.45, 2.75) is 46.4 Å². The van der Waals surface area contributed by atoms with Gasteiger partial charge in [-0.1, -0.05) is 75.0 Å². The smallest absolute Gasteiger partial charge is 0.406 e. The molecule has 0 atom stereocenters. The second-order valence-corrected chi connectivity index (χ2v) is 12.5. The maximum Gasteiger partial charge on any atom is 0.573 e. The predicted octanol–water partition coefficient (Wildman–Crippen LogP) is 7.67. The number of nitrogens with zero attached hydrogens (tertiary/aromatic N) is 5. The van der Waals surface area contributed by atoms with E-state index in [1.165, 1.54) is 40.8 Å². The van der Waals surface area contributed by atoms with E-state index in [1.54, 1.807) is 11.8 Å². The lowest BCUT2D eigenvalue weighted by molar-refractivity contribution is -0.274. The molecule has 5 rings (SSSR count). The van der Waals surface area contributed by atoms with Crippen molar-refractivity contribution >= 4 is 28.6 Å². The molecule has 12 heteroatoms. The Morgan fingerprint density at radius 3 is 2.49 bits per heavy atom. The van der Waals surface area contributed by atoms with Crippen molar-refractivity contribution in [3.05, 3.63) is 90.3 Å². The summed E-state index contributed by atoms with van der Waals surface area (Å²) in [5, 5.41) is 8.21. The maximum absolute atomic E-state index is 12.9. The van der Waals surface area contributed by atoms with E-state index in [-0.39, 0.29) is 17.2 Å². The Labute approximate surface area is 264 Å². The van der Waals surface area contributed by atoms with Crippen LogP contribution < -0.4 is 15.0 Å². The minimum Gasteiger partial charge on any atom is -0.406 e. The molecule has 1 aromatic heterocycles. The van der Waals surface area contributed by atoms with Crippen LogP contribution in [0.15, 0.2) is 84.1 Å². The second kappa shape index (κ2) is 13.8. The molecule has 0 saturated carbocycles. The fourth-order valence-electron chi connectivity index (χ4n) is 5.10. The first kappa shape index (κ1) is 32.1. The number of carbonyl (C=O) groups excluding carboxylic acids is 1. The number of amidine groups is 1. The number of alkyl halides is 3. The zero-order chi connectivity index (χ0) is 32.0. The number of para-hydroxylation sites is 1. The Morgan fingerprint density at radius 2 is 1.78 bits per heavy atom. The third kappa shape index (κ3) is 8.65. The summed E-state index contributed by atoms with van der Waals surface area (Å²) >= 11 is 1.61. The minimum absolute atomic E-state index is 0.229. The molecule has 3 aromatic carbocycles. The van der Waals surface area contributed by atoms with E-state index in [0.717, 1.165) is 53.5 Å². The molecule has 0 unspecified atom stereocenters. The molecule has 45 heavy (non-hydrogen) atoms. The maximum atomic E-state index is 12.9. The molecule has 1 fully saturated rings. The summed E-state index contributed by atoms with van der Waals surface area (Å²) in [6.07, 6.45) is -0.572. The molecule has 0 radical (unpaired) electrons. The van der Waals surface area contributed by atoms with Crippen molar-refractivity contribution in [2.24, 2.45) is 10.4 Å². The van der Waals surface area contributed by atoms with Crippen molar-refractivity contribution in [1.82, 2.24) is 20.1 Å². The number of hydrogen-bond donors (Lipinski definition) is 1. The van der Waals surface area contributed by atoms with Gasteiger partial charge in [0.05, 0.1) is 5.69 Å². The summed E-state index contributed by atoms with van der Waals surface area (Å²) in [7, 11) is 0. The number of aromatic nitrogens is 3. The zero-order valence-electron chi connectivity index (χ0n) is 25.3. The fourth-order valence-corrected chi connectivity index (χ4v) is 6.05. The monoisotopic (exact) mass is 636 g/mol. The number of hydrogen-bond acceptors (Lipinski definition) is 5. The van der Waals surface area contributed by atoms with Gasteiger partial charge in [0.25, 0.3) is 0 Å². The number of urea groups is 1. The van der Waals surface area contributed by atoms with Gasteiger partial charge in [-0.25, -0.2) is 14.5 Å². The van der Waals surface area contributed by atoms with Gasteiger partial charge in [-0.3, -0.25) is 0 Å². The van der Waals surface area contributed by atoms with Crippen molar-refractivity contribution in [1.29, 1.82) is 0 Å². The van der Waals surface area contributed by atoms with Gasteiger partial charge in [-0.2, -0.15) is 4.99 Å². The number of aryl methyl sites for hydroxylation is 1. The summed E-state index contributed by atoms with van der Waals surface area (Å²) in [5.74, 6) is 1.11. The van der Waals surface area contributed by atoms with Gasteiger partial charge in [0.2, 0.25) is 0 Å². The van der Waals surface area contributed by atoms with Crippen LogP contribution in [0.25, 0.3) is 17.1 Å². The van der Waals surface area contributed by atoms with E-state index in [0.29, 0.717) is 18.1 Å². The van der Waals surface area contributed by atoms with Gasteiger partial charge in [-0.15, -0.1) is 18.3 Å². The summed E-state index contributed by atoms with van der Waals surface area (Å²) in [5.41, 5.74) is 4.56. The number of ether oxygens (including phenoxy) is 1. The fraction of sp³-hybridized carbons (Fsp3) is 0.333. The first-order valence-corrected chi connectivity index (χ1v) is 15.7. The summed E-state index contributed by atoms with van der Waals surface area (Å²) in [6, 6.07) is 21.2. The van der Waals surface area contributed by atoms with Crippen LogP contribution in [0.3, 0.4) is 0 Å². The average Bonchev–Trinajstić information content (AvgIpc) is 3.51. The molecular weight excluding hydrogens is 601 g/mol. The highest BCUT2D eigenvalue weighted by Crippen LogP contribution is 2.29. The first-order chi connectivity index (χ1) is 21.5. The van der Waals surface area contributed by atoms with Gasteiger partial charge >= 0.3 is 12.4 Å². The molecule has 1 aliphatic heterocycles. The van der Waals surface area contributed by atoms with Gasteiger partial charge in [-0.05, 0) is 66.1 Å². The molecule has 1 aliphatic rings. The minimum atomic E-state index is -4.75. The number of nitrogens with one attached hydrogen (secondary N) is 1. The van der Waals surface area contributed by atoms with E-state index >= 15 is 0 Å². The van der Waals surface area contributed by atoms with Gasteiger partial charge in [0.1, 0.15) is 12.1 Å². The van der Waals surface area contributed by atoms with E-state index in [2.05, 4.69) is 62.9 Å².